The summed E-state index contributed by atoms with van der Waals surface area (Å²) in [6.07, 6.45) is 1.76. The Morgan fingerprint density at radius 3 is 2.64 bits per heavy atom. The molecule has 3 fully saturated rings. The number of rotatable bonds is 0. The fraction of sp³-hybridized carbons (Fsp3) is 0.600. The van der Waals surface area contributed by atoms with E-state index < -0.39 is 10.0 Å². The van der Waals surface area contributed by atoms with Crippen LogP contribution in [0.3, 0.4) is 0 Å². The van der Waals surface area contributed by atoms with Crippen molar-refractivity contribution in [1.82, 2.24) is 4.31 Å². The van der Waals surface area contributed by atoms with Crippen molar-refractivity contribution in [2.75, 3.05) is 5.75 Å². The molecule has 4 heteroatoms. The molecule has 0 aliphatic carbocycles. The van der Waals surface area contributed by atoms with E-state index in [1.54, 1.807) is 4.31 Å². The van der Waals surface area contributed by atoms with E-state index in [2.05, 4.69) is 13.2 Å². The summed E-state index contributed by atoms with van der Waals surface area (Å²) in [5.41, 5.74) is 1.89. The van der Waals surface area contributed by atoms with Crippen LogP contribution in [0.15, 0.2) is 24.3 Å². The maximum atomic E-state index is 11.8. The second kappa shape index (κ2) is 2.31. The van der Waals surface area contributed by atoms with Crippen LogP contribution in [-0.2, 0) is 10.0 Å². The normalized spacial score (nSPS) is 48.6. The minimum absolute atomic E-state index is 0.0324. The molecule has 4 atom stereocenters. The lowest BCUT2D eigenvalue weighted by Gasteiger charge is -2.29. The average Bonchev–Trinajstić information content (AvgIpc) is 2.56. The molecule has 3 saturated heterocycles. The van der Waals surface area contributed by atoms with Crippen molar-refractivity contribution in [2.24, 2.45) is 5.92 Å². The number of hydrogen-bond donors (Lipinski definition) is 0. The van der Waals surface area contributed by atoms with Gasteiger partial charge in [0.2, 0.25) is 10.0 Å². The summed E-state index contributed by atoms with van der Waals surface area (Å²) in [5, 5.41) is 0. The minimum atomic E-state index is -3.02. The highest BCUT2D eigenvalue weighted by molar-refractivity contribution is 7.89. The van der Waals surface area contributed by atoms with Crippen LogP contribution in [0, 0.1) is 5.92 Å². The topological polar surface area (TPSA) is 37.4 Å². The zero-order valence-electron chi connectivity index (χ0n) is 7.94. The molecule has 0 radical (unpaired) electrons. The summed E-state index contributed by atoms with van der Waals surface area (Å²) in [6, 6.07) is 0.0799. The first-order chi connectivity index (χ1) is 6.52. The van der Waals surface area contributed by atoms with Crippen LogP contribution in [0.1, 0.15) is 12.8 Å². The Morgan fingerprint density at radius 2 is 2.00 bits per heavy atom. The molecule has 0 N–H and O–H groups in total. The van der Waals surface area contributed by atoms with Crippen LogP contribution in [0.4, 0.5) is 0 Å². The van der Waals surface area contributed by atoms with Crippen LogP contribution in [0.25, 0.3) is 0 Å². The monoisotopic (exact) mass is 211 g/mol. The van der Waals surface area contributed by atoms with Crippen molar-refractivity contribution in [1.29, 1.82) is 0 Å². The number of hydrogen-bond acceptors (Lipinski definition) is 2. The first-order valence-corrected chi connectivity index (χ1v) is 6.52. The third kappa shape index (κ3) is 0.792. The molecule has 0 saturated carbocycles. The smallest absolute Gasteiger partial charge is 0.212 e. The molecule has 3 heterocycles. The molecule has 14 heavy (non-hydrogen) atoms. The van der Waals surface area contributed by atoms with Gasteiger partial charge in [0, 0.05) is 0 Å². The first kappa shape index (κ1) is 8.68. The predicted octanol–water partition coefficient (Wildman–Crippen LogP) is 0.905. The van der Waals surface area contributed by atoms with Crippen LogP contribution in [0.5, 0.6) is 0 Å². The molecule has 3 aliphatic rings. The summed E-state index contributed by atoms with van der Waals surface area (Å²) in [5.74, 6) is 0.812. The van der Waals surface area contributed by atoms with Crippen LogP contribution >= 0.6 is 0 Å². The minimum Gasteiger partial charge on any atom is -0.212 e. The summed E-state index contributed by atoms with van der Waals surface area (Å²) in [6.45, 7) is 7.90. The van der Waals surface area contributed by atoms with Crippen molar-refractivity contribution >= 4 is 10.0 Å². The Kier molecular flexibility index (Phi) is 1.43. The van der Waals surface area contributed by atoms with E-state index in [0.29, 0.717) is 11.7 Å². The van der Waals surface area contributed by atoms with Crippen molar-refractivity contribution in [3.63, 3.8) is 0 Å². The van der Waals surface area contributed by atoms with Gasteiger partial charge in [-0.15, -0.1) is 0 Å². The molecular formula is C10H13NO2S. The van der Waals surface area contributed by atoms with Crippen molar-refractivity contribution in [3.8, 4) is 0 Å². The molecule has 3 rings (SSSR count). The lowest BCUT2D eigenvalue weighted by molar-refractivity contribution is 0.358. The van der Waals surface area contributed by atoms with E-state index in [0.717, 1.165) is 24.0 Å². The predicted molar refractivity (Wildman–Crippen MR) is 54.2 cm³/mol. The van der Waals surface area contributed by atoms with Gasteiger partial charge in [-0.25, -0.2) is 8.42 Å². The fourth-order valence-corrected chi connectivity index (χ4v) is 5.17. The van der Waals surface area contributed by atoms with Crippen LogP contribution in [-0.4, -0.2) is 30.6 Å². The second-order valence-electron chi connectivity index (χ2n) is 4.44. The zero-order valence-corrected chi connectivity index (χ0v) is 8.76. The Labute approximate surface area is 84.1 Å². The van der Waals surface area contributed by atoms with E-state index in [4.69, 9.17) is 0 Å². The highest BCUT2D eigenvalue weighted by Gasteiger charge is 2.57. The van der Waals surface area contributed by atoms with E-state index >= 15 is 0 Å². The van der Waals surface area contributed by atoms with Crippen molar-refractivity contribution in [3.05, 3.63) is 24.3 Å². The zero-order chi connectivity index (χ0) is 10.1. The summed E-state index contributed by atoms with van der Waals surface area (Å²) in [7, 11) is -3.02. The lowest BCUT2D eigenvalue weighted by Crippen LogP contribution is -2.42. The molecular weight excluding hydrogens is 198 g/mol. The maximum absolute atomic E-state index is 11.8. The molecule has 0 aromatic carbocycles. The highest BCUT2D eigenvalue weighted by atomic mass is 32.2. The van der Waals surface area contributed by atoms with Gasteiger partial charge in [0.1, 0.15) is 0 Å². The molecule has 0 aromatic heterocycles. The number of sulfonamides is 1. The first-order valence-electron chi connectivity index (χ1n) is 4.91. The average molecular weight is 211 g/mol. The SMILES string of the molecule is C=C1C(=C)[C@@H]2CC3CCS(=O)(=O)N2[C@H]13. The third-order valence-electron chi connectivity index (χ3n) is 3.79. The molecule has 3 nitrogen and oxygen atoms in total. The standard InChI is InChI=1S/C10H13NO2S/c1-6-7(2)10-8-3-4-14(12,13)11(10)9(6)5-8/h8-10H,1-5H2/t8?,9-,10+/m0/s1. The van der Waals surface area contributed by atoms with Crippen LogP contribution < -0.4 is 0 Å². The van der Waals surface area contributed by atoms with E-state index in [9.17, 15) is 8.42 Å². The Morgan fingerprint density at radius 1 is 1.29 bits per heavy atom. The molecule has 2 unspecified atom stereocenters. The van der Waals surface area contributed by atoms with Gasteiger partial charge < -0.3 is 0 Å². The van der Waals surface area contributed by atoms with Gasteiger partial charge in [-0.3, -0.25) is 0 Å². The molecule has 3 aliphatic heterocycles. The van der Waals surface area contributed by atoms with Gasteiger partial charge in [0.25, 0.3) is 0 Å². The summed E-state index contributed by atoms with van der Waals surface area (Å²) >= 11 is 0. The Balaban J connectivity index is 2.18. The third-order valence-corrected chi connectivity index (χ3v) is 5.67. The molecule has 0 aromatic rings. The second-order valence-corrected chi connectivity index (χ2v) is 6.44. The molecule has 0 amide bonds. The number of nitrogens with zero attached hydrogens (tertiary/aromatic N) is 1. The maximum Gasteiger partial charge on any atom is 0.215 e. The Hall–Kier alpha value is -0.610. The van der Waals surface area contributed by atoms with Crippen LogP contribution in [0.2, 0.25) is 0 Å². The largest absolute Gasteiger partial charge is 0.215 e. The summed E-state index contributed by atoms with van der Waals surface area (Å²) < 4.78 is 25.3. The van der Waals surface area contributed by atoms with Gasteiger partial charge in [0.05, 0.1) is 17.8 Å². The van der Waals surface area contributed by atoms with Crippen molar-refractivity contribution in [2.45, 2.75) is 24.9 Å². The van der Waals surface area contributed by atoms with E-state index in [1.807, 2.05) is 0 Å². The lowest BCUT2D eigenvalue weighted by atomic mass is 9.82. The van der Waals surface area contributed by atoms with Gasteiger partial charge in [-0.05, 0) is 29.9 Å². The highest BCUT2D eigenvalue weighted by Crippen LogP contribution is 2.52. The van der Waals surface area contributed by atoms with Gasteiger partial charge in [-0.1, -0.05) is 13.2 Å². The molecule has 4 bridgehead atoms. The van der Waals surface area contributed by atoms with Gasteiger partial charge in [0.15, 0.2) is 0 Å². The Bertz CT molecular complexity index is 437. The van der Waals surface area contributed by atoms with E-state index in [-0.39, 0.29) is 12.1 Å². The molecule has 0 spiro atoms. The summed E-state index contributed by atoms with van der Waals surface area (Å²) in [4.78, 5) is 0. The quantitative estimate of drug-likeness (QED) is 0.597. The van der Waals surface area contributed by atoms with Crippen molar-refractivity contribution < 1.29 is 8.42 Å². The van der Waals surface area contributed by atoms with Gasteiger partial charge >= 0.3 is 0 Å². The van der Waals surface area contributed by atoms with E-state index in [1.165, 1.54) is 0 Å². The molecule has 76 valence electrons. The van der Waals surface area contributed by atoms with Gasteiger partial charge in [-0.2, -0.15) is 4.31 Å². The fourth-order valence-electron chi connectivity index (χ4n) is 3.11.